The molecule has 7 rings (SSSR count). The number of fused-ring (bicyclic) bond motifs is 3. The number of hydrogen-bond donors (Lipinski definition) is 2. The number of aliphatic carboxylic acids is 1. The summed E-state index contributed by atoms with van der Waals surface area (Å²) in [5.41, 5.74) is 6.44. The Labute approximate surface area is 329 Å². The molecule has 2 aromatic heterocycles. The van der Waals surface area contributed by atoms with Crippen LogP contribution in [0, 0.1) is 62.1 Å². The second-order valence-electron chi connectivity index (χ2n) is 20.5. The zero-order valence-electron chi connectivity index (χ0n) is 34.0. The summed E-state index contributed by atoms with van der Waals surface area (Å²) >= 11 is 5.13. The van der Waals surface area contributed by atoms with E-state index < -0.39 is 17.4 Å². The predicted octanol–water partition coefficient (Wildman–Crippen LogP) is 9.44. The summed E-state index contributed by atoms with van der Waals surface area (Å²) in [5, 5.41) is 16.1. The number of carboxylic acids is 1. The molecule has 3 N–H and O–H groups in total. The number of nitrogens with zero attached hydrogens (tertiary/aromatic N) is 4. The Morgan fingerprint density at radius 1 is 1.11 bits per heavy atom. The van der Waals surface area contributed by atoms with Gasteiger partial charge in [-0.15, -0.1) is 11.3 Å². The second-order valence-corrected chi connectivity index (χ2v) is 22.8. The molecule has 3 saturated carbocycles. The number of nitrogens with two attached hydrogens (primary N) is 1. The average Bonchev–Trinajstić information content (AvgIpc) is 3.72. The van der Waals surface area contributed by atoms with Crippen molar-refractivity contribution in [3.63, 3.8) is 0 Å². The Morgan fingerprint density at radius 2 is 1.83 bits per heavy atom. The molecule has 0 aromatic carbocycles. The number of aromatic nitrogens is 4. The van der Waals surface area contributed by atoms with Crippen molar-refractivity contribution in [3.05, 3.63) is 28.1 Å². The highest BCUT2D eigenvalue weighted by Gasteiger charge is 2.72. The molecule has 5 aliphatic rings. The topological polar surface area (TPSA) is 125 Å². The van der Waals surface area contributed by atoms with Crippen molar-refractivity contribution in [2.75, 3.05) is 19.8 Å². The summed E-state index contributed by atoms with van der Waals surface area (Å²) in [6, 6.07) is -0.122. The predicted molar refractivity (Wildman–Crippen MR) is 213 cm³/mol. The van der Waals surface area contributed by atoms with Crippen LogP contribution < -0.4 is 5.73 Å². The van der Waals surface area contributed by atoms with Gasteiger partial charge < -0.3 is 20.3 Å². The van der Waals surface area contributed by atoms with Gasteiger partial charge in [0.25, 0.3) is 0 Å². The molecule has 11 heteroatoms. The summed E-state index contributed by atoms with van der Waals surface area (Å²) in [4.78, 5) is 23.8. The Bertz CT molecular complexity index is 1770. The zero-order valence-corrected chi connectivity index (χ0v) is 36.4. The summed E-state index contributed by atoms with van der Waals surface area (Å²) in [7, 11) is 0. The lowest BCUT2D eigenvalue weighted by Gasteiger charge is -2.71. The molecule has 53 heavy (non-hydrogen) atoms. The van der Waals surface area contributed by atoms with Crippen LogP contribution in [-0.4, -0.2) is 62.3 Å². The van der Waals surface area contributed by atoms with Crippen LogP contribution in [0.25, 0.3) is 10.7 Å². The molecule has 1 aliphatic heterocycles. The molecule has 9 nitrogen and oxygen atoms in total. The Kier molecular flexibility index (Phi) is 9.66. The molecule has 4 fully saturated rings. The minimum Gasteiger partial charge on any atom is -0.481 e. The second kappa shape index (κ2) is 12.9. The highest BCUT2D eigenvalue weighted by atomic mass is 79.9. The highest BCUT2D eigenvalue weighted by molar-refractivity contribution is 9.11. The molecule has 0 amide bonds. The fraction of sp³-hybridized carbons (Fsp3) is 0.810. The number of carbonyl (C=O) groups is 1. The van der Waals surface area contributed by atoms with E-state index in [1.54, 1.807) is 17.7 Å². The minimum absolute atomic E-state index is 0.122. The van der Waals surface area contributed by atoms with Crippen LogP contribution in [-0.2, 0) is 14.3 Å². The lowest BCUT2D eigenvalue weighted by molar-refractivity contribution is -0.253. The van der Waals surface area contributed by atoms with E-state index in [4.69, 9.17) is 25.3 Å². The maximum Gasteiger partial charge on any atom is 0.307 e. The van der Waals surface area contributed by atoms with E-state index in [9.17, 15) is 9.90 Å². The van der Waals surface area contributed by atoms with Crippen LogP contribution in [0.5, 0.6) is 0 Å². The SMILES string of the molecule is CC(C)[C@@H](C)[C@@]1(C)CC[C@]2(C)[C@H]3CC[C@@H]4[C@@]5(COC[C@@]4(C)[C@@H](OC[C@](C)(N)C(C)(C)C)[C@H](n4ncnc4-c4cnc(Br)s4)C5)C3=CC[C@@]2(C)[C@@H]1C(=O)O. The van der Waals surface area contributed by atoms with Gasteiger partial charge >= 0.3 is 5.97 Å². The van der Waals surface area contributed by atoms with Crippen LogP contribution in [0.4, 0.5) is 0 Å². The fourth-order valence-electron chi connectivity index (χ4n) is 12.6. The average molecular weight is 815 g/mol. The van der Waals surface area contributed by atoms with E-state index in [1.165, 1.54) is 5.57 Å². The van der Waals surface area contributed by atoms with Crippen LogP contribution in [0.15, 0.2) is 28.1 Å². The van der Waals surface area contributed by atoms with E-state index in [0.29, 0.717) is 37.6 Å². The third-order valence-electron chi connectivity index (χ3n) is 17.0. The molecule has 3 heterocycles. The summed E-state index contributed by atoms with van der Waals surface area (Å²) in [6.45, 7) is 26.6. The van der Waals surface area contributed by atoms with Gasteiger partial charge in [0, 0.05) is 16.4 Å². The number of allylic oxidation sites excluding steroid dienone is 1. The van der Waals surface area contributed by atoms with Gasteiger partial charge in [0.1, 0.15) is 6.33 Å². The monoisotopic (exact) mass is 813 g/mol. The molecule has 2 bridgehead atoms. The molecule has 4 aliphatic carbocycles. The van der Waals surface area contributed by atoms with E-state index in [2.05, 4.69) is 108 Å². The third kappa shape index (κ3) is 5.65. The van der Waals surface area contributed by atoms with Gasteiger partial charge in [-0.05, 0) is 107 Å². The molecule has 12 atom stereocenters. The van der Waals surface area contributed by atoms with E-state index in [-0.39, 0.29) is 50.6 Å². The van der Waals surface area contributed by atoms with Crippen molar-refractivity contribution in [3.8, 4) is 10.7 Å². The highest BCUT2D eigenvalue weighted by Crippen LogP contribution is 2.75. The zero-order chi connectivity index (χ0) is 38.7. The molecular formula is C42H64BrN5O4S. The van der Waals surface area contributed by atoms with E-state index in [1.807, 2.05) is 6.20 Å². The van der Waals surface area contributed by atoms with Gasteiger partial charge in [-0.2, -0.15) is 5.10 Å². The summed E-state index contributed by atoms with van der Waals surface area (Å²) < 4.78 is 16.9. The van der Waals surface area contributed by atoms with Gasteiger partial charge in [0.15, 0.2) is 9.74 Å². The lowest BCUT2D eigenvalue weighted by atomic mass is 9.34. The van der Waals surface area contributed by atoms with Crippen molar-refractivity contribution in [2.24, 2.45) is 67.8 Å². The molecular weight excluding hydrogens is 750 g/mol. The van der Waals surface area contributed by atoms with Crippen molar-refractivity contribution in [1.29, 1.82) is 0 Å². The van der Waals surface area contributed by atoms with Crippen molar-refractivity contribution in [2.45, 2.75) is 132 Å². The number of thiazole rings is 1. The first kappa shape index (κ1) is 39.6. The maximum atomic E-state index is 13.6. The quantitative estimate of drug-likeness (QED) is 0.253. The largest absolute Gasteiger partial charge is 0.481 e. The van der Waals surface area contributed by atoms with Crippen molar-refractivity contribution < 1.29 is 19.4 Å². The molecule has 2 aromatic rings. The summed E-state index contributed by atoms with van der Waals surface area (Å²) in [5.74, 6) is 1.09. The number of halogens is 1. The molecule has 0 radical (unpaired) electrons. The van der Waals surface area contributed by atoms with Crippen LogP contribution in [0.3, 0.4) is 0 Å². The van der Waals surface area contributed by atoms with Crippen LogP contribution in [0.2, 0.25) is 0 Å². The normalized spacial score (nSPS) is 41.5. The standard InChI is InChI=1S/C42H64BrN5O4S/c1-24(2)25(3)37(7)16-17-39(9)26-12-13-30-38(8)20-51-22-42(30,27(26)14-15-40(39,10)31(37)34(49)50)18-28(32(38)52-21-41(11,44)36(4,5)6)48-33(46-23-47-48)29-19-45-35(43)53-29/h14,19,23-26,28,30-32H,12-13,15-18,20-22,44H2,1-11H3,(H,49,50)/t25-,26+,28-,30+,31-,32+,37-,38-,39-,40+,41+,42+/m1/s1. The first-order valence-electron chi connectivity index (χ1n) is 20.0. The first-order valence-corrected chi connectivity index (χ1v) is 21.6. The fourth-order valence-corrected chi connectivity index (χ4v) is 13.9. The van der Waals surface area contributed by atoms with E-state index >= 15 is 0 Å². The van der Waals surface area contributed by atoms with Crippen LogP contribution >= 0.6 is 27.3 Å². The smallest absolute Gasteiger partial charge is 0.307 e. The van der Waals surface area contributed by atoms with E-state index in [0.717, 1.165) is 53.1 Å². The van der Waals surface area contributed by atoms with Gasteiger partial charge in [-0.3, -0.25) is 4.79 Å². The van der Waals surface area contributed by atoms with Gasteiger partial charge in [-0.1, -0.05) is 80.9 Å². The van der Waals surface area contributed by atoms with Gasteiger partial charge in [0.05, 0.1) is 49.0 Å². The summed E-state index contributed by atoms with van der Waals surface area (Å²) in [6.07, 6.45) is 11.5. The molecule has 294 valence electrons. The third-order valence-corrected chi connectivity index (χ3v) is 18.4. The van der Waals surface area contributed by atoms with Crippen molar-refractivity contribution in [1.82, 2.24) is 19.7 Å². The number of ether oxygens (including phenoxy) is 2. The Morgan fingerprint density at radius 3 is 2.45 bits per heavy atom. The van der Waals surface area contributed by atoms with Crippen LogP contribution in [0.1, 0.15) is 121 Å². The van der Waals surface area contributed by atoms with Crippen molar-refractivity contribution >= 4 is 33.2 Å². The first-order chi connectivity index (χ1) is 24.6. The molecule has 0 spiro atoms. The number of hydrogen-bond acceptors (Lipinski definition) is 8. The Balaban J connectivity index is 1.35. The molecule has 1 saturated heterocycles. The minimum atomic E-state index is -0.626. The maximum absolute atomic E-state index is 13.6. The Hall–Kier alpha value is -1.66. The lowest BCUT2D eigenvalue weighted by Crippen LogP contribution is -2.69. The van der Waals surface area contributed by atoms with Gasteiger partial charge in [-0.25, -0.2) is 14.6 Å². The number of rotatable bonds is 8. The number of carboxylic acid groups (broad SMARTS) is 1. The van der Waals surface area contributed by atoms with Gasteiger partial charge in [0.2, 0.25) is 0 Å². The molecule has 0 unspecified atom stereocenters.